The van der Waals surface area contributed by atoms with Crippen molar-refractivity contribution in [2.24, 2.45) is 0 Å². The number of nitrogens with zero attached hydrogens (tertiary/aromatic N) is 3. The minimum Gasteiger partial charge on any atom is -0.476 e. The zero-order valence-corrected chi connectivity index (χ0v) is 11.6. The summed E-state index contributed by atoms with van der Waals surface area (Å²) in [6.45, 7) is 0.368. The van der Waals surface area contributed by atoms with Crippen molar-refractivity contribution < 1.29 is 23.1 Å². The molecular formula is C9H15N5O5S. The number of hydrogen-bond donors (Lipinski definition) is 3. The summed E-state index contributed by atoms with van der Waals surface area (Å²) in [5.41, 5.74) is -0.241. The fraction of sp³-hybridized carbons (Fsp3) is 0.556. The van der Waals surface area contributed by atoms with Gasteiger partial charge in [-0.05, 0) is 6.42 Å². The van der Waals surface area contributed by atoms with Gasteiger partial charge in [0.15, 0.2) is 5.69 Å². The summed E-state index contributed by atoms with van der Waals surface area (Å²) in [5.74, 6) is -1.59. The van der Waals surface area contributed by atoms with E-state index in [0.717, 1.165) is 17.1 Å². The van der Waals surface area contributed by atoms with Gasteiger partial charge in [0.2, 0.25) is 15.9 Å². The first kappa shape index (κ1) is 16.0. The van der Waals surface area contributed by atoms with Crippen LogP contribution in [-0.2, 0) is 21.4 Å². The summed E-state index contributed by atoms with van der Waals surface area (Å²) in [7, 11) is -3.22. The maximum atomic E-state index is 11.5. The van der Waals surface area contributed by atoms with E-state index in [0.29, 0.717) is 13.0 Å². The van der Waals surface area contributed by atoms with Crippen LogP contribution in [0.5, 0.6) is 0 Å². The van der Waals surface area contributed by atoms with E-state index < -0.39 is 16.0 Å². The van der Waals surface area contributed by atoms with E-state index >= 15 is 0 Å². The van der Waals surface area contributed by atoms with Crippen molar-refractivity contribution in [2.75, 3.05) is 19.3 Å². The van der Waals surface area contributed by atoms with E-state index in [2.05, 4.69) is 20.4 Å². The van der Waals surface area contributed by atoms with Crippen molar-refractivity contribution in [2.45, 2.75) is 13.0 Å². The zero-order chi connectivity index (χ0) is 15.2. The first-order valence-corrected chi connectivity index (χ1v) is 7.52. The lowest BCUT2D eigenvalue weighted by atomic mass is 10.4. The van der Waals surface area contributed by atoms with Gasteiger partial charge in [0.1, 0.15) is 6.54 Å². The van der Waals surface area contributed by atoms with Crippen molar-refractivity contribution in [1.82, 2.24) is 25.0 Å². The Labute approximate surface area is 115 Å². The number of nitrogens with one attached hydrogen (secondary N) is 2. The molecule has 112 valence electrons. The van der Waals surface area contributed by atoms with Gasteiger partial charge in [-0.1, -0.05) is 5.21 Å². The van der Waals surface area contributed by atoms with Crippen LogP contribution in [0, 0.1) is 0 Å². The molecule has 0 aromatic carbocycles. The topological polar surface area (TPSA) is 143 Å². The molecule has 3 N–H and O–H groups in total. The van der Waals surface area contributed by atoms with Gasteiger partial charge in [-0.25, -0.2) is 22.6 Å². The van der Waals surface area contributed by atoms with E-state index in [-0.39, 0.29) is 24.7 Å². The number of carboxylic acids is 1. The highest BCUT2D eigenvalue weighted by molar-refractivity contribution is 7.88. The van der Waals surface area contributed by atoms with Crippen LogP contribution in [0.15, 0.2) is 6.20 Å². The molecule has 0 fully saturated rings. The lowest BCUT2D eigenvalue weighted by Gasteiger charge is -2.05. The van der Waals surface area contributed by atoms with Crippen LogP contribution < -0.4 is 10.0 Å². The highest BCUT2D eigenvalue weighted by Crippen LogP contribution is 1.92. The molecule has 0 radical (unpaired) electrons. The fourth-order valence-electron chi connectivity index (χ4n) is 1.25. The Bertz CT molecular complexity index is 581. The maximum absolute atomic E-state index is 11.5. The third kappa shape index (κ3) is 6.24. The minimum atomic E-state index is -3.22. The Kier molecular flexibility index (Phi) is 5.58. The van der Waals surface area contributed by atoms with E-state index in [4.69, 9.17) is 5.11 Å². The van der Waals surface area contributed by atoms with Crippen LogP contribution in [-0.4, -0.2) is 59.7 Å². The number of carboxylic acid groups (broad SMARTS) is 1. The fourth-order valence-corrected chi connectivity index (χ4v) is 1.77. The van der Waals surface area contributed by atoms with Crippen LogP contribution in [0.1, 0.15) is 16.9 Å². The molecule has 0 bridgehead atoms. The number of carbonyl (C=O) groups is 2. The van der Waals surface area contributed by atoms with E-state index in [1.54, 1.807) is 0 Å². The molecule has 0 aliphatic carbocycles. The molecule has 1 heterocycles. The normalized spacial score (nSPS) is 11.2. The molecule has 1 amide bonds. The third-order valence-corrected chi connectivity index (χ3v) is 2.83. The lowest BCUT2D eigenvalue weighted by molar-refractivity contribution is -0.121. The van der Waals surface area contributed by atoms with Crippen LogP contribution in [0.3, 0.4) is 0 Å². The number of carbonyl (C=O) groups excluding carboxylic acids is 1. The van der Waals surface area contributed by atoms with E-state index in [1.165, 1.54) is 0 Å². The van der Waals surface area contributed by atoms with Gasteiger partial charge in [-0.2, -0.15) is 0 Å². The standard InChI is InChI=1S/C9H15N5O5S/c1-20(18,19)11-4-2-3-10-8(15)6-14-5-7(9(16)17)12-13-14/h5,11H,2-4,6H2,1H3,(H,10,15)(H,16,17). The van der Waals surface area contributed by atoms with Crippen LogP contribution >= 0.6 is 0 Å². The predicted octanol–water partition coefficient (Wildman–Crippen LogP) is -1.97. The summed E-state index contributed by atoms with van der Waals surface area (Å²) in [6.07, 6.45) is 2.64. The molecule has 0 saturated heterocycles. The highest BCUT2D eigenvalue weighted by Gasteiger charge is 2.10. The van der Waals surface area contributed by atoms with Gasteiger partial charge in [0, 0.05) is 13.1 Å². The minimum absolute atomic E-state index is 0.153. The Balaban J connectivity index is 2.24. The first-order valence-electron chi connectivity index (χ1n) is 5.62. The maximum Gasteiger partial charge on any atom is 0.358 e. The Morgan fingerprint density at radius 1 is 1.40 bits per heavy atom. The second kappa shape index (κ2) is 6.96. The summed E-state index contributed by atoms with van der Waals surface area (Å²) >= 11 is 0. The SMILES string of the molecule is CS(=O)(=O)NCCCNC(=O)Cn1cc(C(=O)O)nn1. The van der Waals surface area contributed by atoms with Crippen molar-refractivity contribution in [3.05, 3.63) is 11.9 Å². The van der Waals surface area contributed by atoms with Gasteiger partial charge in [-0.3, -0.25) is 4.79 Å². The monoisotopic (exact) mass is 305 g/mol. The van der Waals surface area contributed by atoms with Crippen molar-refractivity contribution >= 4 is 21.9 Å². The summed E-state index contributed by atoms with van der Waals surface area (Å²) < 4.78 is 24.9. The molecule has 0 atom stereocenters. The Hall–Kier alpha value is -2.01. The van der Waals surface area contributed by atoms with E-state index in [1.807, 2.05) is 0 Å². The summed E-state index contributed by atoms with van der Waals surface area (Å²) in [6, 6.07) is 0. The molecule has 1 aromatic rings. The van der Waals surface area contributed by atoms with Crippen LogP contribution in [0.2, 0.25) is 0 Å². The molecule has 11 heteroatoms. The lowest BCUT2D eigenvalue weighted by Crippen LogP contribution is -2.31. The largest absolute Gasteiger partial charge is 0.476 e. The van der Waals surface area contributed by atoms with Gasteiger partial charge >= 0.3 is 5.97 Å². The number of hydrogen-bond acceptors (Lipinski definition) is 6. The zero-order valence-electron chi connectivity index (χ0n) is 10.7. The number of rotatable bonds is 8. The second-order valence-electron chi connectivity index (χ2n) is 3.98. The van der Waals surface area contributed by atoms with E-state index in [9.17, 15) is 18.0 Å². The van der Waals surface area contributed by atoms with Crippen molar-refractivity contribution in [3.63, 3.8) is 0 Å². The van der Waals surface area contributed by atoms with Gasteiger partial charge in [-0.15, -0.1) is 5.10 Å². The Morgan fingerprint density at radius 2 is 2.10 bits per heavy atom. The highest BCUT2D eigenvalue weighted by atomic mass is 32.2. The quantitative estimate of drug-likeness (QED) is 0.473. The van der Waals surface area contributed by atoms with Crippen molar-refractivity contribution in [3.8, 4) is 0 Å². The van der Waals surface area contributed by atoms with Crippen LogP contribution in [0.25, 0.3) is 0 Å². The summed E-state index contributed by atoms with van der Waals surface area (Å²) in [5, 5.41) is 18.0. The molecule has 0 aliphatic heterocycles. The molecule has 0 saturated carbocycles. The number of aromatic nitrogens is 3. The molecular weight excluding hydrogens is 290 g/mol. The predicted molar refractivity (Wildman–Crippen MR) is 67.5 cm³/mol. The molecule has 0 aliphatic rings. The number of amides is 1. The van der Waals surface area contributed by atoms with Crippen molar-refractivity contribution in [1.29, 1.82) is 0 Å². The molecule has 0 unspecified atom stereocenters. The molecule has 1 rings (SSSR count). The average molecular weight is 305 g/mol. The molecule has 1 aromatic heterocycles. The number of aromatic carboxylic acids is 1. The average Bonchev–Trinajstić information content (AvgIpc) is 2.75. The van der Waals surface area contributed by atoms with Gasteiger partial charge in [0.05, 0.1) is 12.5 Å². The molecule has 20 heavy (non-hydrogen) atoms. The van der Waals surface area contributed by atoms with Crippen LogP contribution in [0.4, 0.5) is 0 Å². The Morgan fingerprint density at radius 3 is 2.65 bits per heavy atom. The molecule has 0 spiro atoms. The third-order valence-electron chi connectivity index (χ3n) is 2.10. The smallest absolute Gasteiger partial charge is 0.358 e. The van der Waals surface area contributed by atoms with Gasteiger partial charge in [0.25, 0.3) is 0 Å². The van der Waals surface area contributed by atoms with Gasteiger partial charge < -0.3 is 10.4 Å². The second-order valence-corrected chi connectivity index (χ2v) is 5.81. The summed E-state index contributed by atoms with van der Waals surface area (Å²) in [4.78, 5) is 22.0. The number of sulfonamides is 1. The first-order chi connectivity index (χ1) is 9.28. The molecule has 10 nitrogen and oxygen atoms in total.